The van der Waals surface area contributed by atoms with Crippen molar-refractivity contribution in [2.45, 2.75) is 18.8 Å². The van der Waals surface area contributed by atoms with Gasteiger partial charge in [-0.15, -0.1) is 0 Å². The second-order valence-corrected chi connectivity index (χ2v) is 7.77. The van der Waals surface area contributed by atoms with E-state index in [1.807, 2.05) is 91.0 Å². The average molecular weight is 441 g/mol. The van der Waals surface area contributed by atoms with E-state index in [0.717, 1.165) is 39.3 Å². The lowest BCUT2D eigenvalue weighted by Crippen LogP contribution is -2.32. The Hall–Kier alpha value is -3.60. The maximum absolute atomic E-state index is 9.37. The molecule has 0 amide bonds. The van der Waals surface area contributed by atoms with Crippen molar-refractivity contribution < 1.29 is 19.3 Å². The van der Waals surface area contributed by atoms with Crippen LogP contribution in [0.5, 0.6) is 11.5 Å². The van der Waals surface area contributed by atoms with Gasteiger partial charge in [0.05, 0.1) is 27.4 Å². The lowest BCUT2D eigenvalue weighted by molar-refractivity contribution is 0.000181. The summed E-state index contributed by atoms with van der Waals surface area (Å²) in [7, 11) is 3.32. The van der Waals surface area contributed by atoms with Crippen molar-refractivity contribution in [1.82, 2.24) is 0 Å². The van der Waals surface area contributed by atoms with E-state index in [0.29, 0.717) is 6.61 Å². The Kier molecular flexibility index (Phi) is 7.08. The number of hydrogen-bond acceptors (Lipinski definition) is 4. The van der Waals surface area contributed by atoms with Crippen LogP contribution in [-0.2, 0) is 23.6 Å². The number of aliphatic hydroxyl groups excluding tert-OH is 1. The number of ether oxygens (including phenoxy) is 3. The lowest BCUT2D eigenvalue weighted by Gasteiger charge is -2.36. The van der Waals surface area contributed by atoms with Gasteiger partial charge in [0.15, 0.2) is 0 Å². The number of rotatable bonds is 9. The van der Waals surface area contributed by atoms with E-state index >= 15 is 0 Å². The molecule has 4 aromatic rings. The van der Waals surface area contributed by atoms with Gasteiger partial charge in [0, 0.05) is 0 Å². The van der Waals surface area contributed by atoms with Gasteiger partial charge in [-0.3, -0.25) is 0 Å². The molecule has 1 N–H and O–H groups in total. The molecule has 0 fully saturated rings. The zero-order valence-corrected chi connectivity index (χ0v) is 18.9. The number of hydrogen-bond donors (Lipinski definition) is 1. The number of methoxy groups -OCH3 is 2. The topological polar surface area (TPSA) is 47.9 Å². The Morgan fingerprint density at radius 2 is 1.03 bits per heavy atom. The van der Waals surface area contributed by atoms with Crippen LogP contribution >= 0.6 is 0 Å². The minimum Gasteiger partial charge on any atom is -0.497 e. The molecule has 4 rings (SSSR count). The fourth-order valence-corrected chi connectivity index (χ4v) is 4.01. The number of aliphatic hydroxyl groups is 1. The van der Waals surface area contributed by atoms with E-state index in [2.05, 4.69) is 12.1 Å². The minimum atomic E-state index is -0.852. The van der Waals surface area contributed by atoms with Gasteiger partial charge in [0.1, 0.15) is 17.1 Å². The normalized spacial score (nSPS) is 11.2. The van der Waals surface area contributed by atoms with Crippen LogP contribution < -0.4 is 9.47 Å². The molecule has 4 nitrogen and oxygen atoms in total. The molecule has 0 unspecified atom stereocenters. The van der Waals surface area contributed by atoms with Crippen LogP contribution in [0.15, 0.2) is 103 Å². The minimum absolute atomic E-state index is 0.0206. The van der Waals surface area contributed by atoms with Gasteiger partial charge >= 0.3 is 0 Å². The SMILES string of the molecule is COc1ccc(C(OCc2ccc(CO)cc2)(c2ccccc2)c2ccc(OC)cc2)cc1. The maximum Gasteiger partial charge on any atom is 0.144 e. The van der Waals surface area contributed by atoms with Gasteiger partial charge in [-0.2, -0.15) is 0 Å². The molecule has 0 saturated carbocycles. The molecule has 0 radical (unpaired) electrons. The van der Waals surface area contributed by atoms with E-state index in [1.165, 1.54) is 0 Å². The molecule has 0 spiro atoms. The van der Waals surface area contributed by atoms with Crippen molar-refractivity contribution in [1.29, 1.82) is 0 Å². The molecule has 168 valence electrons. The summed E-state index contributed by atoms with van der Waals surface area (Å²) >= 11 is 0. The van der Waals surface area contributed by atoms with Crippen LogP contribution in [0, 0.1) is 0 Å². The summed E-state index contributed by atoms with van der Waals surface area (Å²) in [6.07, 6.45) is 0. The summed E-state index contributed by atoms with van der Waals surface area (Å²) < 4.78 is 17.6. The van der Waals surface area contributed by atoms with Gasteiger partial charge in [0.2, 0.25) is 0 Å². The Labute approximate surface area is 195 Å². The molecule has 0 atom stereocenters. The van der Waals surface area contributed by atoms with Gasteiger partial charge < -0.3 is 19.3 Å². The zero-order valence-electron chi connectivity index (χ0n) is 18.9. The lowest BCUT2D eigenvalue weighted by atomic mass is 9.80. The molecule has 4 aromatic carbocycles. The summed E-state index contributed by atoms with van der Waals surface area (Å²) in [4.78, 5) is 0. The molecule has 0 saturated heterocycles. The van der Waals surface area contributed by atoms with E-state index in [9.17, 15) is 5.11 Å². The third kappa shape index (κ3) is 4.77. The first-order valence-electron chi connectivity index (χ1n) is 10.9. The molecule has 0 bridgehead atoms. The quantitative estimate of drug-likeness (QED) is 0.339. The van der Waals surface area contributed by atoms with Crippen LogP contribution in [0.25, 0.3) is 0 Å². The fourth-order valence-electron chi connectivity index (χ4n) is 4.01. The van der Waals surface area contributed by atoms with Crippen LogP contribution in [0.1, 0.15) is 27.8 Å². The summed E-state index contributed by atoms with van der Waals surface area (Å²) in [5.74, 6) is 1.57. The summed E-state index contributed by atoms with van der Waals surface area (Å²) in [6, 6.07) is 34.0. The van der Waals surface area contributed by atoms with E-state index in [4.69, 9.17) is 14.2 Å². The van der Waals surface area contributed by atoms with Crippen molar-refractivity contribution in [3.8, 4) is 11.5 Å². The predicted molar refractivity (Wildman–Crippen MR) is 129 cm³/mol. The van der Waals surface area contributed by atoms with Crippen LogP contribution in [0.4, 0.5) is 0 Å². The molecule has 0 aliphatic heterocycles. The van der Waals surface area contributed by atoms with Crippen molar-refractivity contribution >= 4 is 0 Å². The van der Waals surface area contributed by atoms with E-state index in [-0.39, 0.29) is 6.61 Å². The van der Waals surface area contributed by atoms with Crippen LogP contribution in [-0.4, -0.2) is 19.3 Å². The smallest absolute Gasteiger partial charge is 0.144 e. The Balaban J connectivity index is 1.85. The molecule has 0 heterocycles. The number of benzene rings is 4. The van der Waals surface area contributed by atoms with Crippen molar-refractivity contribution in [2.24, 2.45) is 0 Å². The largest absolute Gasteiger partial charge is 0.497 e. The molecule has 0 aliphatic carbocycles. The first-order chi connectivity index (χ1) is 16.2. The van der Waals surface area contributed by atoms with Crippen LogP contribution in [0.2, 0.25) is 0 Å². The molecule has 33 heavy (non-hydrogen) atoms. The average Bonchev–Trinajstić information content (AvgIpc) is 2.90. The molecular formula is C29H28O4. The highest BCUT2D eigenvalue weighted by Crippen LogP contribution is 2.42. The van der Waals surface area contributed by atoms with Crippen molar-refractivity contribution in [2.75, 3.05) is 14.2 Å². The first-order valence-corrected chi connectivity index (χ1v) is 10.9. The summed E-state index contributed by atoms with van der Waals surface area (Å²) in [5.41, 5.74) is 4.05. The second-order valence-electron chi connectivity index (χ2n) is 7.77. The fraction of sp³-hybridized carbons (Fsp3) is 0.172. The van der Waals surface area contributed by atoms with Crippen molar-refractivity contribution in [3.05, 3.63) is 131 Å². The van der Waals surface area contributed by atoms with Gasteiger partial charge in [0.25, 0.3) is 0 Å². The predicted octanol–water partition coefficient (Wildman–Crippen LogP) is 5.70. The molecule has 0 aromatic heterocycles. The maximum atomic E-state index is 9.37. The van der Waals surface area contributed by atoms with E-state index < -0.39 is 5.60 Å². The standard InChI is InChI=1S/C29H28O4/c1-31-27-16-12-25(13-17-27)29(24-6-4-3-5-7-24,26-14-18-28(32-2)19-15-26)33-21-23-10-8-22(20-30)9-11-23/h3-19,30H,20-21H2,1-2H3. The zero-order chi connectivity index (χ0) is 23.1. The Morgan fingerprint density at radius 3 is 1.48 bits per heavy atom. The first kappa shape index (κ1) is 22.6. The summed E-state index contributed by atoms with van der Waals surface area (Å²) in [5, 5.41) is 9.37. The Morgan fingerprint density at radius 1 is 0.576 bits per heavy atom. The second kappa shape index (κ2) is 10.3. The van der Waals surface area contributed by atoms with Crippen molar-refractivity contribution in [3.63, 3.8) is 0 Å². The summed E-state index contributed by atoms with van der Waals surface area (Å²) in [6.45, 7) is 0.408. The van der Waals surface area contributed by atoms with Gasteiger partial charge in [-0.05, 0) is 52.1 Å². The monoisotopic (exact) mass is 440 g/mol. The van der Waals surface area contributed by atoms with E-state index in [1.54, 1.807) is 14.2 Å². The highest BCUT2D eigenvalue weighted by atomic mass is 16.5. The van der Waals surface area contributed by atoms with Crippen LogP contribution in [0.3, 0.4) is 0 Å². The molecule has 0 aliphatic rings. The molecular weight excluding hydrogens is 412 g/mol. The highest BCUT2D eigenvalue weighted by molar-refractivity contribution is 5.49. The van der Waals surface area contributed by atoms with Gasteiger partial charge in [-0.1, -0.05) is 78.9 Å². The third-order valence-electron chi connectivity index (χ3n) is 5.83. The highest BCUT2D eigenvalue weighted by Gasteiger charge is 2.37. The molecule has 4 heteroatoms. The third-order valence-corrected chi connectivity index (χ3v) is 5.83. The Bertz CT molecular complexity index is 1090. The van der Waals surface area contributed by atoms with Gasteiger partial charge in [-0.25, -0.2) is 0 Å².